The molecule has 2 rings (SSSR count). The molecule has 1 heterocycles. The van der Waals surface area contributed by atoms with Gasteiger partial charge in [0.1, 0.15) is 0 Å². The zero-order valence-corrected chi connectivity index (χ0v) is 9.35. The number of pyridine rings is 1. The van der Waals surface area contributed by atoms with Crippen LogP contribution in [0, 0.1) is 0 Å². The molecule has 82 valence electrons. The number of rotatable bonds is 3. The monoisotopic (exact) mass is 213 g/mol. The molecule has 0 radical (unpaired) electrons. The highest BCUT2D eigenvalue weighted by Gasteiger charge is 1.98. The molecular weight excluding hydrogens is 198 g/mol. The molecule has 2 aromatic rings. The molecule has 1 N–H and O–H groups in total. The number of aryl methyl sites for hydroxylation is 1. The van der Waals surface area contributed by atoms with Gasteiger partial charge >= 0.3 is 0 Å². The minimum absolute atomic E-state index is 0.0906. The van der Waals surface area contributed by atoms with E-state index in [0.29, 0.717) is 0 Å². The van der Waals surface area contributed by atoms with Crippen LogP contribution in [0.25, 0.3) is 11.1 Å². The fourth-order valence-electron chi connectivity index (χ4n) is 1.61. The Morgan fingerprint density at radius 3 is 2.19 bits per heavy atom. The van der Waals surface area contributed by atoms with Crippen LogP contribution in [-0.4, -0.2) is 10.1 Å². The maximum atomic E-state index is 8.96. The van der Waals surface area contributed by atoms with Gasteiger partial charge in [-0.1, -0.05) is 37.3 Å². The Bertz CT molecular complexity index is 400. The van der Waals surface area contributed by atoms with Gasteiger partial charge in [0.2, 0.25) is 0 Å². The molecule has 0 fully saturated rings. The van der Waals surface area contributed by atoms with Crippen LogP contribution in [0.1, 0.15) is 18.2 Å². The first kappa shape index (κ1) is 10.8. The summed E-state index contributed by atoms with van der Waals surface area (Å²) in [5.41, 5.74) is 4.28. The minimum atomic E-state index is 0.0906. The van der Waals surface area contributed by atoms with Gasteiger partial charge in [-0.15, -0.1) is 0 Å². The number of benzene rings is 1. The highest BCUT2D eigenvalue weighted by atomic mass is 16.3. The lowest BCUT2D eigenvalue weighted by molar-refractivity contribution is 0.282. The van der Waals surface area contributed by atoms with Crippen molar-refractivity contribution in [2.75, 3.05) is 0 Å². The topological polar surface area (TPSA) is 33.1 Å². The molecule has 0 unspecified atom stereocenters. The van der Waals surface area contributed by atoms with Gasteiger partial charge in [-0.3, -0.25) is 4.98 Å². The van der Waals surface area contributed by atoms with Gasteiger partial charge in [-0.2, -0.15) is 0 Å². The minimum Gasteiger partial charge on any atom is -0.392 e. The summed E-state index contributed by atoms with van der Waals surface area (Å²) < 4.78 is 0. The van der Waals surface area contributed by atoms with Crippen LogP contribution in [-0.2, 0) is 13.0 Å². The molecule has 0 spiro atoms. The van der Waals surface area contributed by atoms with E-state index in [9.17, 15) is 0 Å². The number of nitrogens with zero attached hydrogens (tertiary/aromatic N) is 1. The van der Waals surface area contributed by atoms with Gasteiger partial charge in [-0.25, -0.2) is 0 Å². The van der Waals surface area contributed by atoms with Crippen LogP contribution < -0.4 is 0 Å². The van der Waals surface area contributed by atoms with Crippen molar-refractivity contribution < 1.29 is 5.11 Å². The molecule has 0 aliphatic rings. The van der Waals surface area contributed by atoms with Crippen molar-refractivity contribution in [2.45, 2.75) is 20.0 Å². The largest absolute Gasteiger partial charge is 0.392 e. The van der Waals surface area contributed by atoms with Gasteiger partial charge in [-0.05, 0) is 23.6 Å². The normalized spacial score (nSPS) is 10.4. The van der Waals surface area contributed by atoms with Crippen molar-refractivity contribution in [3.8, 4) is 11.1 Å². The third-order valence-corrected chi connectivity index (χ3v) is 2.66. The molecule has 2 heteroatoms. The van der Waals surface area contributed by atoms with Crippen LogP contribution in [0.5, 0.6) is 0 Å². The predicted octanol–water partition coefficient (Wildman–Crippen LogP) is 2.80. The number of aliphatic hydroxyl groups excluding tert-OH is 1. The molecule has 0 aliphatic carbocycles. The lowest BCUT2D eigenvalue weighted by atomic mass is 10.1. The first-order chi connectivity index (χ1) is 7.83. The zero-order valence-electron chi connectivity index (χ0n) is 9.35. The van der Waals surface area contributed by atoms with E-state index in [1.165, 1.54) is 0 Å². The van der Waals surface area contributed by atoms with Crippen molar-refractivity contribution in [1.82, 2.24) is 4.98 Å². The molecule has 2 nitrogen and oxygen atoms in total. The maximum absolute atomic E-state index is 8.96. The summed E-state index contributed by atoms with van der Waals surface area (Å²) in [6, 6.07) is 12.0. The predicted molar refractivity (Wildman–Crippen MR) is 65.0 cm³/mol. The summed E-state index contributed by atoms with van der Waals surface area (Å²) >= 11 is 0. The van der Waals surface area contributed by atoms with E-state index in [4.69, 9.17) is 5.11 Å². The van der Waals surface area contributed by atoms with E-state index in [-0.39, 0.29) is 6.61 Å². The molecule has 1 aromatic carbocycles. The Labute approximate surface area is 95.6 Å². The van der Waals surface area contributed by atoms with E-state index in [1.807, 2.05) is 30.5 Å². The molecular formula is C14H15NO. The van der Waals surface area contributed by atoms with E-state index in [0.717, 1.165) is 28.8 Å². The van der Waals surface area contributed by atoms with E-state index in [2.05, 4.69) is 24.0 Å². The molecule has 0 aliphatic heterocycles. The van der Waals surface area contributed by atoms with Crippen molar-refractivity contribution in [2.24, 2.45) is 0 Å². The average Bonchev–Trinajstić information content (AvgIpc) is 2.39. The number of aliphatic hydroxyl groups is 1. The highest BCUT2D eigenvalue weighted by Crippen LogP contribution is 2.19. The second kappa shape index (κ2) is 4.90. The SMILES string of the molecule is CCc1ccc(-c2ccc(CO)cc2)cn1. The lowest BCUT2D eigenvalue weighted by Gasteiger charge is -2.03. The maximum Gasteiger partial charge on any atom is 0.0681 e. The molecule has 0 saturated heterocycles. The molecule has 1 aromatic heterocycles. The fraction of sp³-hybridized carbons (Fsp3) is 0.214. The Morgan fingerprint density at radius 1 is 1.00 bits per heavy atom. The standard InChI is InChI=1S/C14H15NO/c1-2-14-8-7-13(9-15-14)12-5-3-11(10-16)4-6-12/h3-9,16H,2,10H2,1H3. The van der Waals surface area contributed by atoms with Crippen molar-refractivity contribution >= 4 is 0 Å². The van der Waals surface area contributed by atoms with E-state index >= 15 is 0 Å². The van der Waals surface area contributed by atoms with Gasteiger partial charge in [0.15, 0.2) is 0 Å². The van der Waals surface area contributed by atoms with Crippen molar-refractivity contribution in [3.05, 3.63) is 53.9 Å². The third kappa shape index (κ3) is 2.28. The Balaban J connectivity index is 2.28. The Kier molecular flexibility index (Phi) is 3.32. The Hall–Kier alpha value is -1.67. The van der Waals surface area contributed by atoms with E-state index < -0.39 is 0 Å². The van der Waals surface area contributed by atoms with Crippen molar-refractivity contribution in [3.63, 3.8) is 0 Å². The fourth-order valence-corrected chi connectivity index (χ4v) is 1.61. The molecule has 0 saturated carbocycles. The van der Waals surface area contributed by atoms with Crippen LogP contribution in [0.3, 0.4) is 0 Å². The first-order valence-electron chi connectivity index (χ1n) is 5.48. The summed E-state index contributed by atoms with van der Waals surface area (Å²) in [6.07, 6.45) is 2.86. The summed E-state index contributed by atoms with van der Waals surface area (Å²) in [6.45, 7) is 2.19. The summed E-state index contributed by atoms with van der Waals surface area (Å²) in [5.74, 6) is 0. The van der Waals surface area contributed by atoms with Gasteiger partial charge in [0, 0.05) is 17.5 Å². The van der Waals surface area contributed by atoms with Gasteiger partial charge < -0.3 is 5.11 Å². The highest BCUT2D eigenvalue weighted by molar-refractivity contribution is 5.62. The second-order valence-corrected chi connectivity index (χ2v) is 3.75. The number of hydrogen-bond acceptors (Lipinski definition) is 2. The number of hydrogen-bond donors (Lipinski definition) is 1. The summed E-state index contributed by atoms with van der Waals surface area (Å²) in [4.78, 5) is 4.37. The molecule has 0 bridgehead atoms. The van der Waals surface area contributed by atoms with Crippen LogP contribution in [0.15, 0.2) is 42.6 Å². The second-order valence-electron chi connectivity index (χ2n) is 3.75. The molecule has 0 amide bonds. The van der Waals surface area contributed by atoms with Crippen LogP contribution in [0.2, 0.25) is 0 Å². The van der Waals surface area contributed by atoms with Crippen LogP contribution in [0.4, 0.5) is 0 Å². The van der Waals surface area contributed by atoms with Crippen LogP contribution >= 0.6 is 0 Å². The van der Waals surface area contributed by atoms with Crippen molar-refractivity contribution in [1.29, 1.82) is 0 Å². The smallest absolute Gasteiger partial charge is 0.0681 e. The summed E-state index contributed by atoms with van der Waals surface area (Å²) in [5, 5.41) is 8.96. The summed E-state index contributed by atoms with van der Waals surface area (Å²) in [7, 11) is 0. The quantitative estimate of drug-likeness (QED) is 0.850. The van der Waals surface area contributed by atoms with Gasteiger partial charge in [0.05, 0.1) is 6.61 Å². The zero-order chi connectivity index (χ0) is 11.4. The number of aromatic nitrogens is 1. The third-order valence-electron chi connectivity index (χ3n) is 2.66. The average molecular weight is 213 g/mol. The lowest BCUT2D eigenvalue weighted by Crippen LogP contribution is -1.87. The molecule has 16 heavy (non-hydrogen) atoms. The first-order valence-corrected chi connectivity index (χ1v) is 5.48. The molecule has 0 atom stereocenters. The van der Waals surface area contributed by atoms with Gasteiger partial charge in [0.25, 0.3) is 0 Å². The van der Waals surface area contributed by atoms with E-state index in [1.54, 1.807) is 0 Å². The Morgan fingerprint density at radius 2 is 1.69 bits per heavy atom.